The van der Waals surface area contributed by atoms with Crippen molar-refractivity contribution in [2.75, 3.05) is 13.2 Å². The maximum absolute atomic E-state index is 12.4. The predicted octanol–water partition coefficient (Wildman–Crippen LogP) is 2.59. The Morgan fingerprint density at radius 3 is 2.60 bits per heavy atom. The third kappa shape index (κ3) is 3.42. The second-order valence-electron chi connectivity index (χ2n) is 5.60. The molecule has 4 nitrogen and oxygen atoms in total. The summed E-state index contributed by atoms with van der Waals surface area (Å²) in [5, 5.41) is 9.54. The number of sulfonamides is 1. The first kappa shape index (κ1) is 15.9. The Morgan fingerprint density at radius 2 is 2.00 bits per heavy atom. The molecule has 2 rings (SSSR count). The summed E-state index contributed by atoms with van der Waals surface area (Å²) >= 11 is 3.30. The van der Waals surface area contributed by atoms with Gasteiger partial charge in [0.25, 0.3) is 0 Å². The van der Waals surface area contributed by atoms with E-state index in [1.54, 1.807) is 19.1 Å². The van der Waals surface area contributed by atoms with Crippen LogP contribution in [0.25, 0.3) is 0 Å². The maximum Gasteiger partial charge on any atom is 0.240 e. The SMILES string of the molecule is Cc1ccc(Br)cc1S(=O)(=O)NCC1(CO)CCCC1. The third-order valence-corrected chi connectivity index (χ3v) is 6.11. The van der Waals surface area contributed by atoms with E-state index in [-0.39, 0.29) is 16.9 Å². The molecule has 1 fully saturated rings. The van der Waals surface area contributed by atoms with Crippen molar-refractivity contribution in [2.45, 2.75) is 37.5 Å². The first-order chi connectivity index (χ1) is 9.38. The van der Waals surface area contributed by atoms with Gasteiger partial charge in [-0.3, -0.25) is 0 Å². The molecule has 0 spiro atoms. The number of hydrogen-bond acceptors (Lipinski definition) is 3. The Morgan fingerprint density at radius 1 is 1.35 bits per heavy atom. The second kappa shape index (κ2) is 6.13. The van der Waals surface area contributed by atoms with Crippen LogP contribution >= 0.6 is 15.9 Å². The second-order valence-corrected chi connectivity index (χ2v) is 8.25. The van der Waals surface area contributed by atoms with Crippen LogP contribution in [0.4, 0.5) is 0 Å². The molecular weight excluding hydrogens is 342 g/mol. The highest BCUT2D eigenvalue weighted by atomic mass is 79.9. The molecule has 1 aromatic rings. The van der Waals surface area contributed by atoms with Gasteiger partial charge in [0.2, 0.25) is 10.0 Å². The third-order valence-electron chi connectivity index (χ3n) is 4.08. The van der Waals surface area contributed by atoms with Crippen molar-refractivity contribution in [3.63, 3.8) is 0 Å². The highest BCUT2D eigenvalue weighted by molar-refractivity contribution is 9.10. The van der Waals surface area contributed by atoms with Crippen molar-refractivity contribution in [1.82, 2.24) is 4.72 Å². The fourth-order valence-electron chi connectivity index (χ4n) is 2.71. The molecule has 0 bridgehead atoms. The Bertz CT molecular complexity index is 580. The highest BCUT2D eigenvalue weighted by Gasteiger charge is 2.34. The zero-order valence-electron chi connectivity index (χ0n) is 11.5. The molecule has 0 aliphatic heterocycles. The Balaban J connectivity index is 2.17. The lowest BCUT2D eigenvalue weighted by atomic mass is 9.88. The zero-order valence-corrected chi connectivity index (χ0v) is 13.9. The maximum atomic E-state index is 12.4. The van der Waals surface area contributed by atoms with Crippen molar-refractivity contribution in [3.8, 4) is 0 Å². The number of benzene rings is 1. The quantitative estimate of drug-likeness (QED) is 0.846. The van der Waals surface area contributed by atoms with Crippen molar-refractivity contribution >= 4 is 26.0 Å². The first-order valence-electron chi connectivity index (χ1n) is 6.75. The molecule has 0 unspecified atom stereocenters. The fourth-order valence-corrected chi connectivity index (χ4v) is 4.64. The van der Waals surface area contributed by atoms with E-state index in [0.717, 1.165) is 30.2 Å². The first-order valence-corrected chi connectivity index (χ1v) is 9.03. The minimum Gasteiger partial charge on any atom is -0.396 e. The van der Waals surface area contributed by atoms with E-state index in [4.69, 9.17) is 0 Å². The van der Waals surface area contributed by atoms with Crippen LogP contribution < -0.4 is 4.72 Å². The lowest BCUT2D eigenvalue weighted by Crippen LogP contribution is -2.38. The smallest absolute Gasteiger partial charge is 0.240 e. The van der Waals surface area contributed by atoms with Crippen LogP contribution in [0, 0.1) is 12.3 Å². The van der Waals surface area contributed by atoms with E-state index in [9.17, 15) is 13.5 Å². The van der Waals surface area contributed by atoms with Crippen molar-refractivity contribution in [1.29, 1.82) is 0 Å². The molecule has 2 N–H and O–H groups in total. The van der Waals surface area contributed by atoms with E-state index in [1.807, 2.05) is 6.07 Å². The van der Waals surface area contributed by atoms with Gasteiger partial charge in [-0.1, -0.05) is 34.8 Å². The normalized spacial score (nSPS) is 18.4. The van der Waals surface area contributed by atoms with Crippen molar-refractivity contribution < 1.29 is 13.5 Å². The summed E-state index contributed by atoms with van der Waals surface area (Å²) < 4.78 is 28.2. The van der Waals surface area contributed by atoms with E-state index in [2.05, 4.69) is 20.7 Å². The number of aliphatic hydroxyl groups excluding tert-OH is 1. The van der Waals surface area contributed by atoms with Gasteiger partial charge in [0.1, 0.15) is 0 Å². The van der Waals surface area contributed by atoms with Gasteiger partial charge in [-0.2, -0.15) is 0 Å². The molecular formula is C14H20BrNO3S. The van der Waals surface area contributed by atoms with E-state index in [1.165, 1.54) is 0 Å². The molecule has 1 aromatic carbocycles. The van der Waals surface area contributed by atoms with Crippen molar-refractivity contribution in [3.05, 3.63) is 28.2 Å². The molecule has 0 aromatic heterocycles. The molecule has 6 heteroatoms. The van der Waals surface area contributed by atoms with Crippen molar-refractivity contribution in [2.24, 2.45) is 5.41 Å². The van der Waals surface area contributed by atoms with Crippen LogP contribution in [0.2, 0.25) is 0 Å². The summed E-state index contributed by atoms with van der Waals surface area (Å²) in [7, 11) is -3.54. The Hall–Kier alpha value is -0.430. The Labute approximate surface area is 128 Å². The molecule has 0 saturated heterocycles. The van der Waals surface area contributed by atoms with Gasteiger partial charge in [0, 0.05) is 23.0 Å². The highest BCUT2D eigenvalue weighted by Crippen LogP contribution is 2.37. The summed E-state index contributed by atoms with van der Waals surface area (Å²) in [6.07, 6.45) is 3.86. The molecule has 20 heavy (non-hydrogen) atoms. The molecule has 0 radical (unpaired) electrons. The van der Waals surface area contributed by atoms with Gasteiger partial charge in [-0.15, -0.1) is 0 Å². The fraction of sp³-hybridized carbons (Fsp3) is 0.571. The van der Waals surface area contributed by atoms with E-state index < -0.39 is 10.0 Å². The van der Waals surface area contributed by atoms with E-state index in [0.29, 0.717) is 12.1 Å². The predicted molar refractivity (Wildman–Crippen MR) is 82.1 cm³/mol. The van der Waals surface area contributed by atoms with E-state index >= 15 is 0 Å². The van der Waals surface area contributed by atoms with Crippen LogP contribution in [0.5, 0.6) is 0 Å². The van der Waals surface area contributed by atoms with Crippen LogP contribution in [0.1, 0.15) is 31.2 Å². The number of nitrogens with one attached hydrogen (secondary N) is 1. The summed E-state index contributed by atoms with van der Waals surface area (Å²) in [6, 6.07) is 5.20. The van der Waals surface area contributed by atoms with Gasteiger partial charge in [-0.25, -0.2) is 13.1 Å². The zero-order chi connectivity index (χ0) is 14.8. The van der Waals surface area contributed by atoms with Crippen LogP contribution in [-0.2, 0) is 10.0 Å². The van der Waals surface area contributed by atoms with Gasteiger partial charge in [0.15, 0.2) is 0 Å². The number of halogens is 1. The number of rotatable bonds is 5. The van der Waals surface area contributed by atoms with Crippen LogP contribution in [0.3, 0.4) is 0 Å². The van der Waals surface area contributed by atoms with Crippen LogP contribution in [0.15, 0.2) is 27.6 Å². The van der Waals surface area contributed by atoms with Gasteiger partial charge in [0.05, 0.1) is 4.90 Å². The molecule has 0 amide bonds. The largest absolute Gasteiger partial charge is 0.396 e. The molecule has 0 heterocycles. The lowest BCUT2D eigenvalue weighted by Gasteiger charge is -2.26. The number of aliphatic hydroxyl groups is 1. The topological polar surface area (TPSA) is 66.4 Å². The standard InChI is InChI=1S/C14H20BrNO3S/c1-11-4-5-12(15)8-13(11)20(18,19)16-9-14(10-17)6-2-3-7-14/h4-5,8,16-17H,2-3,6-7,9-10H2,1H3. The van der Waals surface area contributed by atoms with Gasteiger partial charge < -0.3 is 5.11 Å². The average molecular weight is 362 g/mol. The minimum absolute atomic E-state index is 0.0347. The summed E-state index contributed by atoms with van der Waals surface area (Å²) in [6.45, 7) is 2.11. The minimum atomic E-state index is -3.54. The average Bonchev–Trinajstić information content (AvgIpc) is 2.89. The monoisotopic (exact) mass is 361 g/mol. The summed E-state index contributed by atoms with van der Waals surface area (Å²) in [5.41, 5.74) is 0.428. The molecule has 1 saturated carbocycles. The molecule has 0 atom stereocenters. The van der Waals surface area contributed by atoms with Gasteiger partial charge in [-0.05, 0) is 37.5 Å². The lowest BCUT2D eigenvalue weighted by molar-refractivity contribution is 0.134. The summed E-state index contributed by atoms with van der Waals surface area (Å²) in [5.74, 6) is 0. The molecule has 112 valence electrons. The molecule has 1 aliphatic carbocycles. The van der Waals surface area contributed by atoms with Crippen LogP contribution in [-0.4, -0.2) is 26.7 Å². The number of hydrogen-bond donors (Lipinski definition) is 2. The molecule has 1 aliphatic rings. The summed E-state index contributed by atoms with van der Waals surface area (Å²) in [4.78, 5) is 0.290. The van der Waals surface area contributed by atoms with Gasteiger partial charge >= 0.3 is 0 Å². The number of aryl methyl sites for hydroxylation is 1. The Kier molecular flexibility index (Phi) is 4.89.